The Bertz CT molecular complexity index is 744. The monoisotopic (exact) mass is 328 g/mol. The summed E-state index contributed by atoms with van der Waals surface area (Å²) in [6.45, 7) is 1.97. The Morgan fingerprint density at radius 1 is 1.29 bits per heavy atom. The number of hydrogen-bond donors (Lipinski definition) is 0. The molecule has 0 saturated heterocycles. The lowest BCUT2D eigenvalue weighted by Crippen LogP contribution is -2.47. The summed E-state index contributed by atoms with van der Waals surface area (Å²) >= 11 is 0. The van der Waals surface area contributed by atoms with Gasteiger partial charge in [0.15, 0.2) is 0 Å². The van der Waals surface area contributed by atoms with E-state index < -0.39 is 0 Å². The van der Waals surface area contributed by atoms with E-state index >= 15 is 0 Å². The highest BCUT2D eigenvalue weighted by atomic mass is 16.5. The standard InChI is InChI=1S/C18H24N4O2/c1-20-7-3-4-16(20)18(23)22-9-15-17(21(2)12-19-15)8-14(22)11-24-10-13-5-6-13/h3-4,7,12-14H,5-6,8-11H2,1-2H3/t14-/m1/s1. The van der Waals surface area contributed by atoms with Crippen LogP contribution in [0.15, 0.2) is 24.7 Å². The molecule has 1 aliphatic heterocycles. The summed E-state index contributed by atoms with van der Waals surface area (Å²) in [5, 5.41) is 0. The first-order valence-electron chi connectivity index (χ1n) is 8.62. The molecule has 6 heteroatoms. The predicted molar refractivity (Wildman–Crippen MR) is 89.5 cm³/mol. The van der Waals surface area contributed by atoms with Gasteiger partial charge in [0, 0.05) is 39.0 Å². The topological polar surface area (TPSA) is 52.3 Å². The number of nitrogens with zero attached hydrogens (tertiary/aromatic N) is 4. The Kier molecular flexibility index (Phi) is 3.92. The summed E-state index contributed by atoms with van der Waals surface area (Å²) in [5.74, 6) is 0.789. The fourth-order valence-electron chi connectivity index (χ4n) is 3.39. The minimum atomic E-state index is 0.0545. The van der Waals surface area contributed by atoms with E-state index in [2.05, 4.69) is 9.55 Å². The van der Waals surface area contributed by atoms with Gasteiger partial charge in [0.25, 0.3) is 5.91 Å². The number of aromatic nitrogens is 3. The molecule has 1 amide bonds. The lowest BCUT2D eigenvalue weighted by atomic mass is 10.0. The molecule has 0 N–H and O–H groups in total. The maximum atomic E-state index is 13.0. The average Bonchev–Trinajstić information content (AvgIpc) is 3.19. The molecule has 1 atom stereocenters. The van der Waals surface area contributed by atoms with E-state index in [0.29, 0.717) is 18.8 Å². The Labute approximate surface area is 142 Å². The van der Waals surface area contributed by atoms with Gasteiger partial charge in [-0.3, -0.25) is 4.79 Å². The minimum absolute atomic E-state index is 0.0545. The van der Waals surface area contributed by atoms with Gasteiger partial charge in [0.1, 0.15) is 5.69 Å². The quantitative estimate of drug-likeness (QED) is 0.840. The third kappa shape index (κ3) is 2.86. The molecule has 128 valence electrons. The van der Waals surface area contributed by atoms with Gasteiger partial charge in [0.2, 0.25) is 0 Å². The summed E-state index contributed by atoms with van der Waals surface area (Å²) in [7, 11) is 3.92. The average molecular weight is 328 g/mol. The summed E-state index contributed by atoms with van der Waals surface area (Å²) < 4.78 is 9.86. The van der Waals surface area contributed by atoms with Crippen molar-refractivity contribution in [2.45, 2.75) is 31.8 Å². The van der Waals surface area contributed by atoms with E-state index in [1.54, 1.807) is 0 Å². The number of imidazole rings is 1. The van der Waals surface area contributed by atoms with Crippen LogP contribution in [0.4, 0.5) is 0 Å². The number of ether oxygens (including phenoxy) is 1. The Morgan fingerprint density at radius 3 is 2.83 bits per heavy atom. The molecule has 2 aromatic rings. The molecule has 1 fully saturated rings. The molecule has 2 aliphatic rings. The molecule has 6 nitrogen and oxygen atoms in total. The van der Waals surface area contributed by atoms with Crippen LogP contribution in [-0.2, 0) is 31.8 Å². The minimum Gasteiger partial charge on any atom is -0.379 e. The summed E-state index contributed by atoms with van der Waals surface area (Å²) in [6, 6.07) is 3.84. The zero-order valence-corrected chi connectivity index (χ0v) is 14.3. The first-order chi connectivity index (χ1) is 11.6. The van der Waals surface area contributed by atoms with Crippen molar-refractivity contribution in [3.05, 3.63) is 41.7 Å². The molecule has 24 heavy (non-hydrogen) atoms. The van der Waals surface area contributed by atoms with E-state index in [9.17, 15) is 4.79 Å². The maximum absolute atomic E-state index is 13.0. The summed E-state index contributed by atoms with van der Waals surface area (Å²) in [4.78, 5) is 19.4. The second-order valence-electron chi connectivity index (χ2n) is 7.03. The third-order valence-electron chi connectivity index (χ3n) is 5.12. The zero-order valence-electron chi connectivity index (χ0n) is 14.3. The van der Waals surface area contributed by atoms with Crippen molar-refractivity contribution in [3.63, 3.8) is 0 Å². The molecule has 0 bridgehead atoms. The second-order valence-corrected chi connectivity index (χ2v) is 7.03. The van der Waals surface area contributed by atoms with Crippen LogP contribution < -0.4 is 0 Å². The molecule has 3 heterocycles. The van der Waals surface area contributed by atoms with Gasteiger partial charge in [-0.25, -0.2) is 4.98 Å². The highest BCUT2D eigenvalue weighted by molar-refractivity contribution is 5.93. The number of rotatable bonds is 5. The highest BCUT2D eigenvalue weighted by Gasteiger charge is 2.34. The van der Waals surface area contributed by atoms with E-state index in [4.69, 9.17) is 4.74 Å². The van der Waals surface area contributed by atoms with Gasteiger partial charge >= 0.3 is 0 Å². The second kappa shape index (κ2) is 6.09. The first-order valence-corrected chi connectivity index (χ1v) is 8.62. The van der Waals surface area contributed by atoms with Crippen LogP contribution in [0.1, 0.15) is 34.7 Å². The molecule has 1 saturated carbocycles. The Morgan fingerprint density at radius 2 is 2.12 bits per heavy atom. The van der Waals surface area contributed by atoms with E-state index in [-0.39, 0.29) is 11.9 Å². The van der Waals surface area contributed by atoms with Crippen LogP contribution in [0.5, 0.6) is 0 Å². The number of carbonyl (C=O) groups excluding carboxylic acids is 1. The van der Waals surface area contributed by atoms with Crippen molar-refractivity contribution in [2.75, 3.05) is 13.2 Å². The third-order valence-corrected chi connectivity index (χ3v) is 5.12. The van der Waals surface area contributed by atoms with Gasteiger partial charge in [-0.15, -0.1) is 0 Å². The van der Waals surface area contributed by atoms with Crippen LogP contribution in [0.3, 0.4) is 0 Å². The van der Waals surface area contributed by atoms with Gasteiger partial charge in [-0.05, 0) is 30.9 Å². The summed E-state index contributed by atoms with van der Waals surface area (Å²) in [5.41, 5.74) is 2.92. The van der Waals surface area contributed by atoms with E-state index in [0.717, 1.165) is 24.6 Å². The van der Waals surface area contributed by atoms with Gasteiger partial charge in [-0.2, -0.15) is 0 Å². The lowest BCUT2D eigenvalue weighted by molar-refractivity contribution is 0.0329. The molecule has 0 spiro atoms. The first kappa shape index (κ1) is 15.4. The van der Waals surface area contributed by atoms with Crippen LogP contribution in [0.25, 0.3) is 0 Å². The van der Waals surface area contributed by atoms with Crippen LogP contribution in [0.2, 0.25) is 0 Å². The maximum Gasteiger partial charge on any atom is 0.271 e. The van der Waals surface area contributed by atoms with Gasteiger partial charge in [0.05, 0.1) is 31.2 Å². The van der Waals surface area contributed by atoms with Gasteiger partial charge < -0.3 is 18.8 Å². The smallest absolute Gasteiger partial charge is 0.271 e. The van der Waals surface area contributed by atoms with Crippen molar-refractivity contribution < 1.29 is 9.53 Å². The fraction of sp³-hybridized carbons (Fsp3) is 0.556. The van der Waals surface area contributed by atoms with Crippen molar-refractivity contribution in [1.82, 2.24) is 19.0 Å². The van der Waals surface area contributed by atoms with Crippen LogP contribution in [-0.4, -0.2) is 44.2 Å². The molecule has 0 aromatic carbocycles. The SMILES string of the molecule is Cn1cccc1C(=O)N1Cc2ncn(C)c2C[C@@H]1COCC1CC1. The lowest BCUT2D eigenvalue weighted by Gasteiger charge is -2.35. The molecular weight excluding hydrogens is 304 g/mol. The molecule has 1 aliphatic carbocycles. The molecule has 0 unspecified atom stereocenters. The molecule has 4 rings (SSSR count). The highest BCUT2D eigenvalue weighted by Crippen LogP contribution is 2.29. The van der Waals surface area contributed by atoms with Crippen LogP contribution >= 0.6 is 0 Å². The van der Waals surface area contributed by atoms with E-state index in [1.165, 1.54) is 18.5 Å². The normalized spacial score (nSPS) is 20.2. The fourth-order valence-corrected chi connectivity index (χ4v) is 3.39. The number of aryl methyl sites for hydroxylation is 2. The molecule has 0 radical (unpaired) electrons. The van der Waals surface area contributed by atoms with Crippen molar-refractivity contribution in [1.29, 1.82) is 0 Å². The Balaban J connectivity index is 1.55. The number of hydrogen-bond acceptors (Lipinski definition) is 3. The zero-order chi connectivity index (χ0) is 16.7. The summed E-state index contributed by atoms with van der Waals surface area (Å²) in [6.07, 6.45) is 7.10. The number of carbonyl (C=O) groups is 1. The van der Waals surface area contributed by atoms with Crippen LogP contribution in [0, 0.1) is 5.92 Å². The molecular formula is C18H24N4O2. The van der Waals surface area contributed by atoms with E-state index in [1.807, 2.05) is 48.2 Å². The van der Waals surface area contributed by atoms with Crippen molar-refractivity contribution in [3.8, 4) is 0 Å². The largest absolute Gasteiger partial charge is 0.379 e. The van der Waals surface area contributed by atoms with Crippen molar-refractivity contribution in [2.24, 2.45) is 20.0 Å². The van der Waals surface area contributed by atoms with Crippen molar-refractivity contribution >= 4 is 5.91 Å². The Hall–Kier alpha value is -2.08. The molecule has 2 aromatic heterocycles. The van der Waals surface area contributed by atoms with Gasteiger partial charge in [-0.1, -0.05) is 0 Å². The number of amides is 1. The number of fused-ring (bicyclic) bond motifs is 1. The predicted octanol–water partition coefficient (Wildman–Crippen LogP) is 1.75.